The molecule has 0 unspecified atom stereocenters. The Kier molecular flexibility index (Phi) is 7.88. The zero-order valence-electron chi connectivity index (χ0n) is 37.4. The van der Waals surface area contributed by atoms with Gasteiger partial charge in [0, 0.05) is 39.0 Å². The van der Waals surface area contributed by atoms with Crippen LogP contribution in [0.25, 0.3) is 75.6 Å². The predicted molar refractivity (Wildman–Crippen MR) is 283 cm³/mol. The summed E-state index contributed by atoms with van der Waals surface area (Å²) in [5.41, 5.74) is 13.2. The van der Waals surface area contributed by atoms with Crippen LogP contribution in [0.3, 0.4) is 0 Å². The average Bonchev–Trinajstić information content (AvgIpc) is 3.74. The molecule has 2 aliphatic heterocycles. The van der Waals surface area contributed by atoms with Gasteiger partial charge in [0.15, 0.2) is 0 Å². The maximum atomic E-state index is 7.33. The molecular weight excluding hydrogens is 800 g/mol. The molecule has 0 saturated heterocycles. The van der Waals surface area contributed by atoms with E-state index >= 15 is 0 Å². The first-order chi connectivity index (χ1) is 32.4. The van der Waals surface area contributed by atoms with Crippen LogP contribution in [-0.4, -0.2) is 6.71 Å². The Balaban J connectivity index is 1.11. The summed E-state index contributed by atoms with van der Waals surface area (Å²) in [6.07, 6.45) is 0. The lowest BCUT2D eigenvalue weighted by Crippen LogP contribution is -2.61. The van der Waals surface area contributed by atoms with Crippen molar-refractivity contribution in [2.45, 2.75) is 39.5 Å². The molecule has 1 aromatic heterocycles. The average molecular weight is 845 g/mol. The standard InChI is InChI=1S/C62H45BN2O/c1-36(2)38-28-32-58-52(33-38)60-62(66-58)65(55-24-13-23-50-46-19-9-7-18-44(46)45-20-11-12-22-49(45)59(50)55)57-26-14-25-56-61(57)63(60)53-34-39(37(3)4)27-31-54(53)64(56)40-29-30-48-43-17-6-5-15-41(43)42-16-8-10-21-47(42)51(48)35-40/h5-37H,1-4H3. The highest BCUT2D eigenvalue weighted by Crippen LogP contribution is 2.50. The van der Waals surface area contributed by atoms with E-state index in [0.29, 0.717) is 11.8 Å². The van der Waals surface area contributed by atoms with Gasteiger partial charge in [-0.1, -0.05) is 167 Å². The van der Waals surface area contributed by atoms with Crippen LogP contribution in [0.1, 0.15) is 50.7 Å². The molecule has 0 aliphatic carbocycles. The molecule has 0 amide bonds. The molecular formula is C62H45BN2O. The van der Waals surface area contributed by atoms with Crippen molar-refractivity contribution in [2.24, 2.45) is 0 Å². The third-order valence-corrected chi connectivity index (χ3v) is 15.0. The molecule has 14 rings (SSSR count). The molecule has 0 saturated carbocycles. The van der Waals surface area contributed by atoms with E-state index < -0.39 is 0 Å². The molecule has 0 spiro atoms. The summed E-state index contributed by atoms with van der Waals surface area (Å²) in [5, 5.41) is 16.3. The minimum absolute atomic E-state index is 0.0751. The van der Waals surface area contributed by atoms with Gasteiger partial charge in [0.1, 0.15) is 5.58 Å². The quantitative estimate of drug-likeness (QED) is 0.130. The highest BCUT2D eigenvalue weighted by molar-refractivity contribution is 7.01. The van der Waals surface area contributed by atoms with Gasteiger partial charge in [0.2, 0.25) is 5.88 Å². The van der Waals surface area contributed by atoms with E-state index in [2.05, 4.69) is 226 Å². The fourth-order valence-electron chi connectivity index (χ4n) is 11.9. The van der Waals surface area contributed by atoms with Crippen molar-refractivity contribution in [1.29, 1.82) is 0 Å². The minimum Gasteiger partial charge on any atom is -0.440 e. The van der Waals surface area contributed by atoms with Crippen LogP contribution in [0.15, 0.2) is 192 Å². The van der Waals surface area contributed by atoms with Gasteiger partial charge < -0.3 is 9.32 Å². The van der Waals surface area contributed by atoms with E-state index in [9.17, 15) is 0 Å². The molecule has 3 heterocycles. The SMILES string of the molecule is CC(C)c1ccc2c(c1)B1c3c(cccc3N(c3cccc4c5ccccc5c5ccccc5c34)c3oc4ccc(C(C)C)cc4c31)N2c1ccc2c3ccccc3c3ccccc3c2c1. The summed E-state index contributed by atoms with van der Waals surface area (Å²) in [4.78, 5) is 5.02. The van der Waals surface area contributed by atoms with Gasteiger partial charge in [0.05, 0.1) is 5.69 Å². The van der Waals surface area contributed by atoms with Crippen LogP contribution in [0, 0.1) is 0 Å². The van der Waals surface area contributed by atoms with Gasteiger partial charge in [0.25, 0.3) is 6.71 Å². The lowest BCUT2D eigenvalue weighted by molar-refractivity contribution is 0.623. The van der Waals surface area contributed by atoms with Crippen molar-refractivity contribution in [2.75, 3.05) is 9.80 Å². The number of hydrogen-bond donors (Lipinski definition) is 0. The van der Waals surface area contributed by atoms with Crippen molar-refractivity contribution >= 4 is 133 Å². The van der Waals surface area contributed by atoms with Crippen molar-refractivity contribution in [3.63, 3.8) is 0 Å². The van der Waals surface area contributed by atoms with Crippen molar-refractivity contribution < 1.29 is 4.42 Å². The topological polar surface area (TPSA) is 19.6 Å². The highest BCUT2D eigenvalue weighted by Gasteiger charge is 2.46. The Labute approximate surface area is 384 Å². The third kappa shape index (κ3) is 5.10. The molecule has 2 aliphatic rings. The van der Waals surface area contributed by atoms with Crippen LogP contribution in [-0.2, 0) is 0 Å². The minimum atomic E-state index is -0.0751. The number of hydrogen-bond acceptors (Lipinski definition) is 3. The Morgan fingerprint density at radius 3 is 1.47 bits per heavy atom. The molecule has 12 aromatic rings. The molecule has 0 fully saturated rings. The molecule has 0 atom stereocenters. The molecule has 66 heavy (non-hydrogen) atoms. The van der Waals surface area contributed by atoms with Crippen LogP contribution >= 0.6 is 0 Å². The summed E-state index contributed by atoms with van der Waals surface area (Å²) >= 11 is 0. The Morgan fingerprint density at radius 2 is 0.848 bits per heavy atom. The number of furan rings is 1. The van der Waals surface area contributed by atoms with Crippen molar-refractivity contribution in [3.8, 4) is 0 Å². The summed E-state index contributed by atoms with van der Waals surface area (Å²) < 4.78 is 7.33. The first kappa shape index (κ1) is 37.5. The van der Waals surface area contributed by atoms with E-state index in [1.54, 1.807) is 0 Å². The van der Waals surface area contributed by atoms with Crippen molar-refractivity contribution in [1.82, 2.24) is 0 Å². The van der Waals surface area contributed by atoms with Crippen LogP contribution < -0.4 is 26.2 Å². The molecule has 3 nitrogen and oxygen atoms in total. The maximum absolute atomic E-state index is 7.33. The summed E-state index contributed by atoms with van der Waals surface area (Å²) in [6.45, 7) is 9.12. The van der Waals surface area contributed by atoms with E-state index in [1.165, 1.54) is 109 Å². The van der Waals surface area contributed by atoms with Gasteiger partial charge >= 0.3 is 0 Å². The van der Waals surface area contributed by atoms with Crippen LogP contribution in [0.5, 0.6) is 0 Å². The monoisotopic (exact) mass is 844 g/mol. The second kappa shape index (κ2) is 13.8. The fourth-order valence-corrected chi connectivity index (χ4v) is 11.9. The second-order valence-electron chi connectivity index (χ2n) is 19.1. The predicted octanol–water partition coefficient (Wildman–Crippen LogP) is 15.7. The van der Waals surface area contributed by atoms with Gasteiger partial charge in [-0.25, -0.2) is 0 Å². The first-order valence-electron chi connectivity index (χ1n) is 23.5. The van der Waals surface area contributed by atoms with Gasteiger partial charge in [-0.15, -0.1) is 0 Å². The largest absolute Gasteiger partial charge is 0.440 e. The lowest BCUT2D eigenvalue weighted by Gasteiger charge is -2.43. The normalized spacial score (nSPS) is 13.3. The van der Waals surface area contributed by atoms with E-state index in [1.807, 2.05) is 0 Å². The summed E-state index contributed by atoms with van der Waals surface area (Å²) in [7, 11) is 0. The lowest BCUT2D eigenvalue weighted by atomic mass is 9.33. The molecule has 312 valence electrons. The number of benzene rings is 11. The Morgan fingerprint density at radius 1 is 0.364 bits per heavy atom. The summed E-state index contributed by atoms with van der Waals surface area (Å²) in [6, 6.07) is 70.6. The maximum Gasteiger partial charge on any atom is 0.257 e. The smallest absolute Gasteiger partial charge is 0.257 e. The number of rotatable bonds is 4. The van der Waals surface area contributed by atoms with Crippen LogP contribution in [0.2, 0.25) is 0 Å². The Hall–Kier alpha value is -7.82. The highest BCUT2D eigenvalue weighted by atomic mass is 16.4. The number of fused-ring (bicyclic) bond motifs is 18. The fraction of sp³-hybridized carbons (Fsp3) is 0.0968. The van der Waals surface area contributed by atoms with Gasteiger partial charge in [-0.05, 0) is 142 Å². The molecule has 4 heteroatoms. The number of nitrogens with zero attached hydrogens (tertiary/aromatic N) is 2. The number of anilines is 6. The first-order valence-corrected chi connectivity index (χ1v) is 23.5. The summed E-state index contributed by atoms with van der Waals surface area (Å²) in [5.74, 6) is 1.61. The van der Waals surface area contributed by atoms with Gasteiger partial charge in [-0.3, -0.25) is 4.90 Å². The molecule has 0 radical (unpaired) electrons. The Bertz CT molecular complexity index is 3970. The second-order valence-corrected chi connectivity index (χ2v) is 19.1. The van der Waals surface area contributed by atoms with Gasteiger partial charge in [-0.2, -0.15) is 0 Å². The van der Waals surface area contributed by atoms with E-state index in [4.69, 9.17) is 4.42 Å². The third-order valence-electron chi connectivity index (χ3n) is 15.0. The van der Waals surface area contributed by atoms with Crippen LogP contribution in [0.4, 0.5) is 34.3 Å². The molecule has 0 bridgehead atoms. The zero-order chi connectivity index (χ0) is 43.9. The van der Waals surface area contributed by atoms with E-state index in [-0.39, 0.29) is 6.71 Å². The zero-order valence-corrected chi connectivity index (χ0v) is 37.4. The van der Waals surface area contributed by atoms with Crippen molar-refractivity contribution in [3.05, 3.63) is 199 Å². The van der Waals surface area contributed by atoms with E-state index in [0.717, 1.165) is 28.5 Å². The molecule has 11 aromatic carbocycles. The molecule has 0 N–H and O–H groups in total.